The highest BCUT2D eigenvalue weighted by Crippen LogP contribution is 2.48. The van der Waals surface area contributed by atoms with Crippen molar-refractivity contribution in [3.63, 3.8) is 0 Å². The first-order valence-corrected chi connectivity index (χ1v) is 13.8. The summed E-state index contributed by atoms with van der Waals surface area (Å²) in [5, 5.41) is 0. The van der Waals surface area contributed by atoms with Crippen LogP contribution in [0.5, 0.6) is 0 Å². The molecule has 0 aliphatic carbocycles. The second-order valence-corrected chi connectivity index (χ2v) is 18.8. The number of rotatable bonds is 6. The predicted molar refractivity (Wildman–Crippen MR) is 105 cm³/mol. The summed E-state index contributed by atoms with van der Waals surface area (Å²) in [6, 6.07) is 4.16. The molecule has 1 aliphatic heterocycles. The van der Waals surface area contributed by atoms with Crippen LogP contribution in [0, 0.1) is 0 Å². The van der Waals surface area contributed by atoms with Crippen LogP contribution in [-0.2, 0) is 15.8 Å². The molecule has 1 aliphatic rings. The maximum atomic E-state index is 13.8. The molecule has 0 bridgehead atoms. The van der Waals surface area contributed by atoms with Crippen molar-refractivity contribution in [1.29, 1.82) is 0 Å². The predicted octanol–water partition coefficient (Wildman–Crippen LogP) is 5.15. The van der Waals surface area contributed by atoms with Gasteiger partial charge in [-0.1, -0.05) is 41.5 Å². The second kappa shape index (κ2) is 7.48. The van der Waals surface area contributed by atoms with Gasteiger partial charge in [-0.3, -0.25) is 4.79 Å². The van der Waals surface area contributed by atoms with Gasteiger partial charge in [0.05, 0.1) is 4.90 Å². The van der Waals surface area contributed by atoms with Gasteiger partial charge in [0.1, 0.15) is 15.8 Å². The first kappa shape index (κ1) is 22.9. The summed E-state index contributed by atoms with van der Waals surface area (Å²) in [4.78, 5) is 13.1. The van der Waals surface area contributed by atoms with Crippen molar-refractivity contribution in [1.82, 2.24) is 4.90 Å². The van der Waals surface area contributed by atoms with Gasteiger partial charge in [0.15, 0.2) is 0 Å². The Kier molecular flexibility index (Phi) is 6.12. The maximum absolute atomic E-state index is 13.8. The molecular formula is C19H28F3NO3SSi. The fourth-order valence-electron chi connectivity index (χ4n) is 5.00. The zero-order valence-electron chi connectivity index (χ0n) is 17.1. The number of fused-ring (bicyclic) bond motifs is 1. The third-order valence-electron chi connectivity index (χ3n) is 5.81. The molecule has 0 fully saturated rings. The molecule has 4 nitrogen and oxygen atoms in total. The van der Waals surface area contributed by atoms with E-state index in [1.807, 2.05) is 41.5 Å². The van der Waals surface area contributed by atoms with Gasteiger partial charge in [-0.25, -0.2) is 8.42 Å². The highest BCUT2D eigenvalue weighted by Gasteiger charge is 2.55. The molecule has 1 heterocycles. The van der Waals surface area contributed by atoms with Gasteiger partial charge in [-0.2, -0.15) is 13.2 Å². The van der Waals surface area contributed by atoms with E-state index in [2.05, 4.69) is 0 Å². The van der Waals surface area contributed by atoms with E-state index >= 15 is 0 Å². The first-order valence-electron chi connectivity index (χ1n) is 9.39. The molecule has 0 saturated heterocycles. The minimum absolute atomic E-state index is 0.0332. The Morgan fingerprint density at radius 2 is 1.54 bits per heavy atom. The van der Waals surface area contributed by atoms with E-state index in [4.69, 9.17) is 0 Å². The van der Waals surface area contributed by atoms with Crippen LogP contribution in [0.25, 0.3) is 0 Å². The zero-order chi connectivity index (χ0) is 21.7. The maximum Gasteiger partial charge on any atom is 0.406 e. The highest BCUT2D eigenvalue weighted by atomic mass is 32.4. The Labute approximate surface area is 165 Å². The lowest BCUT2D eigenvalue weighted by atomic mass is 10.1. The van der Waals surface area contributed by atoms with Gasteiger partial charge in [0.2, 0.25) is 7.22 Å². The van der Waals surface area contributed by atoms with E-state index in [1.54, 1.807) is 0 Å². The van der Waals surface area contributed by atoms with Crippen LogP contribution < -0.4 is 0 Å². The third-order valence-corrected chi connectivity index (χ3v) is 20.8. The van der Waals surface area contributed by atoms with Crippen molar-refractivity contribution in [3.8, 4) is 0 Å². The number of nitrogens with zero attached hydrogens (tertiary/aromatic N) is 1. The minimum atomic E-state index is -4.50. The topological polar surface area (TPSA) is 54.5 Å². The van der Waals surface area contributed by atoms with E-state index < -0.39 is 35.1 Å². The van der Waals surface area contributed by atoms with Crippen molar-refractivity contribution in [2.45, 2.75) is 75.8 Å². The number of amides is 1. The number of hydrogen-bond acceptors (Lipinski definition) is 3. The van der Waals surface area contributed by atoms with Gasteiger partial charge in [-0.05, 0) is 40.4 Å². The summed E-state index contributed by atoms with van der Waals surface area (Å²) in [5.41, 5.74) is 0.390. The van der Waals surface area contributed by atoms with Crippen LogP contribution in [0.2, 0.25) is 16.6 Å². The van der Waals surface area contributed by atoms with Crippen LogP contribution in [0.15, 0.2) is 23.1 Å². The van der Waals surface area contributed by atoms with Gasteiger partial charge >= 0.3 is 6.18 Å². The zero-order valence-corrected chi connectivity index (χ0v) is 18.9. The Bertz CT molecular complexity index is 842. The van der Waals surface area contributed by atoms with Crippen molar-refractivity contribution in [2.75, 3.05) is 6.54 Å². The molecule has 0 aromatic heterocycles. The quantitative estimate of drug-likeness (QED) is 0.581. The van der Waals surface area contributed by atoms with Crippen LogP contribution in [0.1, 0.15) is 57.5 Å². The SMILES string of the molecule is CC(C)[Si](C(C)C)(C(C)C)S(=O)(=O)c1ccc2c(c1)CN(CC(F)(F)F)C2=O. The molecule has 9 heteroatoms. The van der Waals surface area contributed by atoms with Crippen LogP contribution in [0.3, 0.4) is 0 Å². The summed E-state index contributed by atoms with van der Waals surface area (Å²) in [6.45, 7) is 10.0. The first-order chi connectivity index (χ1) is 12.7. The average Bonchev–Trinajstić information content (AvgIpc) is 2.80. The number of halogens is 3. The standard InChI is InChI=1S/C19H28F3NO3SSi/c1-12(2)28(13(3)4,14(5)6)27(25,26)16-7-8-17-15(9-16)10-23(18(17)24)11-19(20,21)22/h7-9,12-14H,10-11H2,1-6H3. The lowest BCUT2D eigenvalue weighted by molar-refractivity contribution is -0.140. The van der Waals surface area contributed by atoms with E-state index in [-0.39, 0.29) is 33.6 Å². The summed E-state index contributed by atoms with van der Waals surface area (Å²) in [6.07, 6.45) is -4.50. The van der Waals surface area contributed by atoms with E-state index in [0.29, 0.717) is 10.5 Å². The fraction of sp³-hybridized carbons (Fsp3) is 0.632. The summed E-state index contributed by atoms with van der Waals surface area (Å²) < 4.78 is 65.6. The number of benzene rings is 1. The average molecular weight is 436 g/mol. The molecule has 2 rings (SSSR count). The molecule has 1 aromatic carbocycles. The van der Waals surface area contributed by atoms with Crippen LogP contribution in [-0.4, -0.2) is 39.2 Å². The monoisotopic (exact) mass is 435 g/mol. The molecule has 1 amide bonds. The highest BCUT2D eigenvalue weighted by molar-refractivity contribution is 8.22. The molecule has 0 N–H and O–H groups in total. The number of hydrogen-bond donors (Lipinski definition) is 0. The third kappa shape index (κ3) is 3.63. The van der Waals surface area contributed by atoms with E-state index in [1.165, 1.54) is 18.2 Å². The van der Waals surface area contributed by atoms with Crippen molar-refractivity contribution >= 4 is 22.4 Å². The Morgan fingerprint density at radius 1 is 1.04 bits per heavy atom. The summed E-state index contributed by atoms with van der Waals surface area (Å²) >= 11 is 0. The fourth-order valence-corrected chi connectivity index (χ4v) is 19.0. The van der Waals surface area contributed by atoms with Gasteiger partial charge in [0.25, 0.3) is 5.91 Å². The molecular weight excluding hydrogens is 407 g/mol. The van der Waals surface area contributed by atoms with Gasteiger partial charge < -0.3 is 4.90 Å². The molecule has 0 atom stereocenters. The minimum Gasteiger partial charge on any atom is -0.325 e. The Balaban J connectivity index is 2.54. The largest absolute Gasteiger partial charge is 0.406 e. The molecule has 1 aromatic rings. The molecule has 0 unspecified atom stereocenters. The lowest BCUT2D eigenvalue weighted by Gasteiger charge is -2.41. The van der Waals surface area contributed by atoms with Crippen molar-refractivity contribution < 1.29 is 26.4 Å². The van der Waals surface area contributed by atoms with Gasteiger partial charge in [0, 0.05) is 12.1 Å². The van der Waals surface area contributed by atoms with Gasteiger partial charge in [-0.15, -0.1) is 0 Å². The Hall–Kier alpha value is -1.35. The second-order valence-electron chi connectivity index (χ2n) is 8.42. The lowest BCUT2D eigenvalue weighted by Crippen LogP contribution is -2.52. The number of carbonyl (C=O) groups excluding carboxylic acids is 1. The van der Waals surface area contributed by atoms with Crippen molar-refractivity contribution in [3.05, 3.63) is 29.3 Å². The molecule has 0 saturated carbocycles. The Morgan fingerprint density at radius 3 is 1.96 bits per heavy atom. The molecule has 28 heavy (non-hydrogen) atoms. The van der Waals surface area contributed by atoms with E-state index in [0.717, 1.165) is 0 Å². The van der Waals surface area contributed by atoms with Crippen LogP contribution >= 0.6 is 0 Å². The smallest absolute Gasteiger partial charge is 0.325 e. The summed E-state index contributed by atoms with van der Waals surface area (Å²) in [5.74, 6) is -0.712. The van der Waals surface area contributed by atoms with Crippen molar-refractivity contribution in [2.24, 2.45) is 0 Å². The molecule has 0 spiro atoms. The molecule has 0 radical (unpaired) electrons. The summed E-state index contributed by atoms with van der Waals surface area (Å²) in [7, 11) is -6.57. The van der Waals surface area contributed by atoms with Crippen LogP contribution in [0.4, 0.5) is 13.2 Å². The normalized spacial score (nSPS) is 15.9. The molecule has 158 valence electrons. The number of carbonyl (C=O) groups is 1. The van der Waals surface area contributed by atoms with E-state index in [9.17, 15) is 26.4 Å². The number of alkyl halides is 3.